The summed E-state index contributed by atoms with van der Waals surface area (Å²) in [6.07, 6.45) is 5.00. The van der Waals surface area contributed by atoms with E-state index in [-0.39, 0.29) is 30.0 Å². The van der Waals surface area contributed by atoms with E-state index in [2.05, 4.69) is 0 Å². The number of ether oxygens (including phenoxy) is 4. The molecule has 3 rings (SSSR count). The highest BCUT2D eigenvalue weighted by Crippen LogP contribution is 2.53. The lowest BCUT2D eigenvalue weighted by Crippen LogP contribution is -2.46. The predicted octanol–water partition coefficient (Wildman–Crippen LogP) is 2.21. The van der Waals surface area contributed by atoms with Gasteiger partial charge in [-0.3, -0.25) is 0 Å². The van der Waals surface area contributed by atoms with Gasteiger partial charge in [0.2, 0.25) is 0 Å². The van der Waals surface area contributed by atoms with Crippen molar-refractivity contribution < 1.29 is 28.5 Å². The average molecular weight is 338 g/mol. The highest BCUT2D eigenvalue weighted by molar-refractivity contribution is 5.82. The molecule has 6 nitrogen and oxygen atoms in total. The number of carbonyl (C=O) groups excluding carboxylic acids is 2. The maximum absolute atomic E-state index is 11.8. The van der Waals surface area contributed by atoms with Crippen LogP contribution in [-0.2, 0) is 28.5 Å². The lowest BCUT2D eigenvalue weighted by Gasteiger charge is -2.43. The molecule has 6 heteroatoms. The molecule has 0 bridgehead atoms. The van der Waals surface area contributed by atoms with Gasteiger partial charge in [-0.15, -0.1) is 0 Å². The van der Waals surface area contributed by atoms with Crippen LogP contribution >= 0.6 is 0 Å². The quantitative estimate of drug-likeness (QED) is 0.445. The molecule has 0 aromatic carbocycles. The molecule has 0 aromatic rings. The average Bonchev–Trinajstić information content (AvgIpc) is 2.97. The van der Waals surface area contributed by atoms with Gasteiger partial charge in [-0.05, 0) is 39.0 Å². The van der Waals surface area contributed by atoms with Gasteiger partial charge in [0.05, 0.1) is 18.6 Å². The minimum atomic E-state index is -0.651. The Morgan fingerprint density at radius 3 is 2.67 bits per heavy atom. The zero-order valence-corrected chi connectivity index (χ0v) is 14.7. The number of allylic oxidation sites excluding steroid dienone is 1. The van der Waals surface area contributed by atoms with E-state index < -0.39 is 17.5 Å². The van der Waals surface area contributed by atoms with E-state index in [1.807, 2.05) is 20.8 Å². The SMILES string of the molecule is CCOC(=O)/C=C/[C@]1(C)CC[C@H]2[C@H]3OC(C)(C)O[C@H]3O[C@@H]2[C@@H]1C=O. The first-order valence-electron chi connectivity index (χ1n) is 8.62. The van der Waals surface area contributed by atoms with Gasteiger partial charge < -0.3 is 23.7 Å². The number of hydrogen-bond donors (Lipinski definition) is 0. The molecule has 6 atom stereocenters. The molecule has 0 unspecified atom stereocenters. The first-order chi connectivity index (χ1) is 11.3. The molecule has 0 radical (unpaired) electrons. The zero-order valence-electron chi connectivity index (χ0n) is 14.7. The molecular formula is C18H26O6. The molecule has 24 heavy (non-hydrogen) atoms. The Hall–Kier alpha value is -1.24. The molecule has 0 spiro atoms. The lowest BCUT2D eigenvalue weighted by atomic mass is 9.62. The van der Waals surface area contributed by atoms with Gasteiger partial charge in [0.1, 0.15) is 12.4 Å². The van der Waals surface area contributed by atoms with Gasteiger partial charge in [0.15, 0.2) is 12.1 Å². The summed E-state index contributed by atoms with van der Waals surface area (Å²) in [6, 6.07) is 0. The maximum atomic E-state index is 11.8. The fourth-order valence-corrected chi connectivity index (χ4v) is 4.17. The number of fused-ring (bicyclic) bond motifs is 3. The Kier molecular flexibility index (Phi) is 4.57. The second-order valence-corrected chi connectivity index (χ2v) is 7.52. The van der Waals surface area contributed by atoms with Gasteiger partial charge in [0, 0.05) is 12.0 Å². The number of esters is 1. The number of rotatable bonds is 4. The maximum Gasteiger partial charge on any atom is 0.330 e. The van der Waals surface area contributed by atoms with Gasteiger partial charge in [-0.2, -0.15) is 0 Å². The summed E-state index contributed by atoms with van der Waals surface area (Å²) in [4.78, 5) is 23.4. The standard InChI is InChI=1S/C18H26O6/c1-5-21-13(20)7-9-18(4)8-6-11-14(12(18)10-19)22-16-15(11)23-17(2,3)24-16/h7,9-12,14-16H,5-6,8H2,1-4H3/b9-7+/t11-,12+,14+,15-,16-,18+/m1/s1. The van der Waals surface area contributed by atoms with Crippen LogP contribution in [0.4, 0.5) is 0 Å². The van der Waals surface area contributed by atoms with Crippen molar-refractivity contribution in [2.24, 2.45) is 17.3 Å². The fourth-order valence-electron chi connectivity index (χ4n) is 4.17. The summed E-state index contributed by atoms with van der Waals surface area (Å²) in [5.74, 6) is -1.25. The van der Waals surface area contributed by atoms with Crippen LogP contribution in [0.25, 0.3) is 0 Å². The third-order valence-electron chi connectivity index (χ3n) is 5.39. The smallest absolute Gasteiger partial charge is 0.330 e. The Bertz CT molecular complexity index is 542. The van der Waals surface area contributed by atoms with Crippen molar-refractivity contribution in [1.29, 1.82) is 0 Å². The van der Waals surface area contributed by atoms with Crippen molar-refractivity contribution in [3.05, 3.63) is 12.2 Å². The monoisotopic (exact) mass is 338 g/mol. The minimum absolute atomic E-state index is 0.133. The van der Waals surface area contributed by atoms with Crippen molar-refractivity contribution in [2.45, 2.75) is 64.8 Å². The van der Waals surface area contributed by atoms with E-state index in [1.165, 1.54) is 6.08 Å². The predicted molar refractivity (Wildman–Crippen MR) is 84.9 cm³/mol. The first kappa shape index (κ1) is 17.6. The molecule has 1 aliphatic carbocycles. The normalized spacial score (nSPS) is 43.4. The Morgan fingerprint density at radius 2 is 2.00 bits per heavy atom. The van der Waals surface area contributed by atoms with Gasteiger partial charge >= 0.3 is 5.97 Å². The summed E-state index contributed by atoms with van der Waals surface area (Å²) >= 11 is 0. The van der Waals surface area contributed by atoms with Crippen LogP contribution in [0, 0.1) is 17.3 Å². The van der Waals surface area contributed by atoms with E-state index in [0.29, 0.717) is 6.61 Å². The topological polar surface area (TPSA) is 71.1 Å². The van der Waals surface area contributed by atoms with Crippen molar-refractivity contribution in [1.82, 2.24) is 0 Å². The van der Waals surface area contributed by atoms with Crippen LogP contribution in [0.5, 0.6) is 0 Å². The number of carbonyl (C=O) groups is 2. The molecule has 0 amide bonds. The molecule has 1 saturated carbocycles. The second-order valence-electron chi connectivity index (χ2n) is 7.52. The number of hydrogen-bond acceptors (Lipinski definition) is 6. The molecule has 3 fully saturated rings. The third kappa shape index (κ3) is 3.03. The Balaban J connectivity index is 1.76. The van der Waals surface area contributed by atoms with Crippen LogP contribution in [0.3, 0.4) is 0 Å². The highest BCUT2D eigenvalue weighted by Gasteiger charge is 2.60. The molecular weight excluding hydrogens is 312 g/mol. The van der Waals surface area contributed by atoms with Crippen LogP contribution in [0.1, 0.15) is 40.5 Å². The Labute approximate surface area is 142 Å². The largest absolute Gasteiger partial charge is 0.463 e. The van der Waals surface area contributed by atoms with Crippen LogP contribution in [0.15, 0.2) is 12.2 Å². The zero-order chi connectivity index (χ0) is 17.5. The summed E-state index contributed by atoms with van der Waals surface area (Å²) in [5.41, 5.74) is -0.441. The van der Waals surface area contributed by atoms with Gasteiger partial charge in [-0.25, -0.2) is 4.79 Å². The third-order valence-corrected chi connectivity index (χ3v) is 5.39. The van der Waals surface area contributed by atoms with Crippen LogP contribution in [-0.4, -0.2) is 43.1 Å². The van der Waals surface area contributed by atoms with E-state index in [0.717, 1.165) is 19.1 Å². The molecule has 2 aliphatic heterocycles. The van der Waals surface area contributed by atoms with Crippen molar-refractivity contribution in [2.75, 3.05) is 6.61 Å². The summed E-state index contributed by atoms with van der Waals surface area (Å²) in [6.45, 7) is 7.82. The van der Waals surface area contributed by atoms with E-state index in [1.54, 1.807) is 13.0 Å². The van der Waals surface area contributed by atoms with Crippen molar-refractivity contribution in [3.63, 3.8) is 0 Å². The van der Waals surface area contributed by atoms with E-state index in [4.69, 9.17) is 18.9 Å². The lowest BCUT2D eigenvalue weighted by molar-refractivity contribution is -0.222. The van der Waals surface area contributed by atoms with Crippen LogP contribution < -0.4 is 0 Å². The van der Waals surface area contributed by atoms with E-state index in [9.17, 15) is 9.59 Å². The van der Waals surface area contributed by atoms with Crippen molar-refractivity contribution in [3.8, 4) is 0 Å². The molecule has 3 aliphatic rings. The number of aldehydes is 1. The second kappa shape index (κ2) is 6.24. The molecule has 2 heterocycles. The summed E-state index contributed by atoms with van der Waals surface area (Å²) < 4.78 is 22.8. The van der Waals surface area contributed by atoms with E-state index >= 15 is 0 Å². The van der Waals surface area contributed by atoms with Gasteiger partial charge in [-0.1, -0.05) is 13.0 Å². The van der Waals surface area contributed by atoms with Crippen molar-refractivity contribution >= 4 is 12.3 Å². The molecule has 2 saturated heterocycles. The summed E-state index contributed by atoms with van der Waals surface area (Å²) in [7, 11) is 0. The van der Waals surface area contributed by atoms with Gasteiger partial charge in [0.25, 0.3) is 0 Å². The molecule has 0 N–H and O–H groups in total. The molecule has 134 valence electrons. The Morgan fingerprint density at radius 1 is 1.25 bits per heavy atom. The summed E-state index contributed by atoms with van der Waals surface area (Å²) in [5, 5.41) is 0. The molecule has 0 aromatic heterocycles. The van der Waals surface area contributed by atoms with Crippen LogP contribution in [0.2, 0.25) is 0 Å². The highest BCUT2D eigenvalue weighted by atomic mass is 16.8. The first-order valence-corrected chi connectivity index (χ1v) is 8.62. The minimum Gasteiger partial charge on any atom is -0.463 e. The fraction of sp³-hybridized carbons (Fsp3) is 0.778.